The Balaban J connectivity index is 1.38. The van der Waals surface area contributed by atoms with Gasteiger partial charge in [0.25, 0.3) is 5.91 Å². The van der Waals surface area contributed by atoms with Gasteiger partial charge in [-0.15, -0.1) is 0 Å². The highest BCUT2D eigenvalue weighted by molar-refractivity contribution is 5.97. The fourth-order valence-corrected chi connectivity index (χ4v) is 2.67. The Kier molecular flexibility index (Phi) is 4.45. The highest BCUT2D eigenvalue weighted by Crippen LogP contribution is 2.34. The number of hydrogen-bond donors (Lipinski definition) is 1. The van der Waals surface area contributed by atoms with Gasteiger partial charge in [0.1, 0.15) is 13.2 Å². The lowest BCUT2D eigenvalue weighted by Gasteiger charge is -2.19. The normalized spacial score (nSPS) is 15.0. The van der Waals surface area contributed by atoms with E-state index in [2.05, 4.69) is 5.32 Å². The summed E-state index contributed by atoms with van der Waals surface area (Å²) in [7, 11) is 0. The van der Waals surface area contributed by atoms with Gasteiger partial charge in [0.05, 0.1) is 5.56 Å². The molecular formula is C19H17NO7. The third-order valence-corrected chi connectivity index (χ3v) is 4.07. The largest absolute Gasteiger partial charge is 0.486 e. The van der Waals surface area contributed by atoms with Gasteiger partial charge in [-0.1, -0.05) is 0 Å². The third kappa shape index (κ3) is 3.59. The van der Waals surface area contributed by atoms with E-state index in [1.54, 1.807) is 36.4 Å². The Hall–Kier alpha value is -3.42. The molecule has 0 aliphatic carbocycles. The van der Waals surface area contributed by atoms with Crippen LogP contribution in [-0.4, -0.2) is 38.0 Å². The van der Waals surface area contributed by atoms with E-state index < -0.39 is 18.0 Å². The number of fused-ring (bicyclic) bond motifs is 2. The molecule has 27 heavy (non-hydrogen) atoms. The number of ether oxygens (including phenoxy) is 5. The van der Waals surface area contributed by atoms with Gasteiger partial charge in [0, 0.05) is 11.8 Å². The molecule has 0 bridgehead atoms. The topological polar surface area (TPSA) is 92.3 Å². The molecule has 2 aromatic rings. The van der Waals surface area contributed by atoms with Crippen LogP contribution in [0.2, 0.25) is 0 Å². The molecule has 0 saturated heterocycles. The van der Waals surface area contributed by atoms with Crippen LogP contribution in [-0.2, 0) is 9.53 Å². The molecule has 0 saturated carbocycles. The molecule has 4 rings (SSSR count). The van der Waals surface area contributed by atoms with Crippen LogP contribution in [0.1, 0.15) is 17.3 Å². The van der Waals surface area contributed by atoms with Gasteiger partial charge in [-0.2, -0.15) is 0 Å². The lowest BCUT2D eigenvalue weighted by atomic mass is 10.2. The fraction of sp³-hybridized carbons (Fsp3) is 0.263. The van der Waals surface area contributed by atoms with Gasteiger partial charge in [-0.05, 0) is 37.3 Å². The van der Waals surface area contributed by atoms with Gasteiger partial charge < -0.3 is 29.0 Å². The summed E-state index contributed by atoms with van der Waals surface area (Å²) >= 11 is 0. The number of carbonyl (C=O) groups excluding carboxylic acids is 2. The van der Waals surface area contributed by atoms with E-state index in [0.717, 1.165) is 0 Å². The summed E-state index contributed by atoms with van der Waals surface area (Å²) in [4.78, 5) is 24.6. The van der Waals surface area contributed by atoms with E-state index >= 15 is 0 Å². The van der Waals surface area contributed by atoms with Crippen molar-refractivity contribution in [2.45, 2.75) is 13.0 Å². The van der Waals surface area contributed by atoms with Crippen LogP contribution in [0, 0.1) is 0 Å². The molecule has 0 aromatic heterocycles. The molecule has 8 nitrogen and oxygen atoms in total. The summed E-state index contributed by atoms with van der Waals surface area (Å²) in [5.41, 5.74) is 0.799. The molecule has 1 unspecified atom stereocenters. The van der Waals surface area contributed by atoms with Crippen molar-refractivity contribution in [3.63, 3.8) is 0 Å². The standard InChI is InChI=1S/C19H17NO7/c1-11(18(21)20-13-3-5-15-17(9-13)26-10-25-15)27-19(22)12-2-4-14-16(8-12)24-7-6-23-14/h2-5,8-9,11H,6-7,10H2,1H3,(H,20,21). The van der Waals surface area contributed by atoms with E-state index in [1.807, 2.05) is 0 Å². The van der Waals surface area contributed by atoms with Crippen LogP contribution in [0.4, 0.5) is 5.69 Å². The maximum Gasteiger partial charge on any atom is 0.339 e. The molecule has 2 aliphatic rings. The van der Waals surface area contributed by atoms with Gasteiger partial charge >= 0.3 is 5.97 Å². The Morgan fingerprint density at radius 3 is 2.44 bits per heavy atom. The van der Waals surface area contributed by atoms with Crippen LogP contribution in [0.25, 0.3) is 0 Å². The van der Waals surface area contributed by atoms with Gasteiger partial charge in [-0.25, -0.2) is 4.79 Å². The van der Waals surface area contributed by atoms with Crippen LogP contribution in [0.5, 0.6) is 23.0 Å². The second-order valence-corrected chi connectivity index (χ2v) is 5.96. The smallest absolute Gasteiger partial charge is 0.339 e. The van der Waals surface area contributed by atoms with Crippen molar-refractivity contribution in [3.8, 4) is 23.0 Å². The minimum absolute atomic E-state index is 0.149. The second-order valence-electron chi connectivity index (χ2n) is 5.96. The van der Waals surface area contributed by atoms with Crippen molar-refractivity contribution < 1.29 is 33.3 Å². The zero-order valence-corrected chi connectivity index (χ0v) is 14.5. The second kappa shape index (κ2) is 7.06. The lowest BCUT2D eigenvalue weighted by Crippen LogP contribution is -2.30. The lowest BCUT2D eigenvalue weighted by molar-refractivity contribution is -0.123. The predicted octanol–water partition coefficient (Wildman–Crippen LogP) is 2.37. The highest BCUT2D eigenvalue weighted by Gasteiger charge is 2.22. The van der Waals surface area contributed by atoms with E-state index in [0.29, 0.717) is 41.9 Å². The third-order valence-electron chi connectivity index (χ3n) is 4.07. The van der Waals surface area contributed by atoms with Crippen LogP contribution < -0.4 is 24.3 Å². The van der Waals surface area contributed by atoms with Gasteiger partial charge in [0.2, 0.25) is 6.79 Å². The Labute approximate surface area is 154 Å². The first-order chi connectivity index (χ1) is 13.1. The summed E-state index contributed by atoms with van der Waals surface area (Å²) in [6, 6.07) is 9.78. The van der Waals surface area contributed by atoms with E-state index in [1.165, 1.54) is 6.92 Å². The molecule has 0 spiro atoms. The molecular weight excluding hydrogens is 354 g/mol. The average molecular weight is 371 g/mol. The van der Waals surface area contributed by atoms with Crippen molar-refractivity contribution in [1.82, 2.24) is 0 Å². The molecule has 0 fully saturated rings. The summed E-state index contributed by atoms with van der Waals surface area (Å²) in [6.45, 7) is 2.53. The molecule has 2 aromatic carbocycles. The fourth-order valence-electron chi connectivity index (χ4n) is 2.67. The Morgan fingerprint density at radius 2 is 1.59 bits per heavy atom. The number of anilines is 1. The van der Waals surface area contributed by atoms with Gasteiger partial charge in [-0.3, -0.25) is 4.79 Å². The maximum atomic E-state index is 12.3. The number of nitrogens with one attached hydrogen (secondary N) is 1. The maximum absolute atomic E-state index is 12.3. The zero-order chi connectivity index (χ0) is 18.8. The molecule has 1 atom stereocenters. The van der Waals surface area contributed by atoms with Crippen molar-refractivity contribution in [2.24, 2.45) is 0 Å². The SMILES string of the molecule is CC(OC(=O)c1ccc2c(c1)OCCO2)C(=O)Nc1ccc2c(c1)OCO2. The van der Waals surface area contributed by atoms with E-state index in [4.69, 9.17) is 23.7 Å². The van der Waals surface area contributed by atoms with Crippen LogP contribution >= 0.6 is 0 Å². The summed E-state index contributed by atoms with van der Waals surface area (Å²) < 4.78 is 26.6. The number of hydrogen-bond acceptors (Lipinski definition) is 7. The number of benzene rings is 2. The number of esters is 1. The summed E-state index contributed by atoms with van der Waals surface area (Å²) in [5, 5.41) is 2.68. The first kappa shape index (κ1) is 17.0. The molecule has 2 heterocycles. The monoisotopic (exact) mass is 371 g/mol. The van der Waals surface area contributed by atoms with Crippen LogP contribution in [0.15, 0.2) is 36.4 Å². The number of rotatable bonds is 4. The highest BCUT2D eigenvalue weighted by atomic mass is 16.7. The Bertz CT molecular complexity index is 896. The van der Waals surface area contributed by atoms with E-state index in [9.17, 15) is 9.59 Å². The average Bonchev–Trinajstić information content (AvgIpc) is 3.15. The van der Waals surface area contributed by atoms with Crippen molar-refractivity contribution >= 4 is 17.6 Å². The number of carbonyl (C=O) groups is 2. The number of amides is 1. The minimum atomic E-state index is -0.990. The minimum Gasteiger partial charge on any atom is -0.486 e. The van der Waals surface area contributed by atoms with E-state index in [-0.39, 0.29) is 12.4 Å². The molecule has 140 valence electrons. The zero-order valence-electron chi connectivity index (χ0n) is 14.5. The predicted molar refractivity (Wildman–Crippen MR) is 93.5 cm³/mol. The molecule has 8 heteroatoms. The quantitative estimate of drug-likeness (QED) is 0.825. The molecule has 1 amide bonds. The molecule has 2 aliphatic heterocycles. The summed E-state index contributed by atoms with van der Waals surface area (Å²) in [5.74, 6) is 1.14. The molecule has 0 radical (unpaired) electrons. The first-order valence-corrected chi connectivity index (χ1v) is 8.41. The van der Waals surface area contributed by atoms with Crippen molar-refractivity contribution in [3.05, 3.63) is 42.0 Å². The first-order valence-electron chi connectivity index (χ1n) is 8.41. The van der Waals surface area contributed by atoms with Gasteiger partial charge in [0.15, 0.2) is 29.1 Å². The molecule has 1 N–H and O–H groups in total. The van der Waals surface area contributed by atoms with Crippen molar-refractivity contribution in [2.75, 3.05) is 25.3 Å². The van der Waals surface area contributed by atoms with Crippen LogP contribution in [0.3, 0.4) is 0 Å². The van der Waals surface area contributed by atoms with Crippen molar-refractivity contribution in [1.29, 1.82) is 0 Å². The Morgan fingerprint density at radius 1 is 0.926 bits per heavy atom. The summed E-state index contributed by atoms with van der Waals surface area (Å²) in [6.07, 6.45) is -0.990.